The molecule has 2 unspecified atom stereocenters. The molecule has 1 aromatic carbocycles. The molecule has 1 aromatic rings. The van der Waals surface area contributed by atoms with Gasteiger partial charge in [0.15, 0.2) is 0 Å². The van der Waals surface area contributed by atoms with E-state index in [-0.39, 0.29) is 5.91 Å². The van der Waals surface area contributed by atoms with Crippen molar-refractivity contribution in [3.8, 4) is 0 Å². The highest BCUT2D eigenvalue weighted by Gasteiger charge is 2.23. The van der Waals surface area contributed by atoms with Crippen LogP contribution >= 0.6 is 11.6 Å². The molecular weight excluding hydrogens is 248 g/mol. The van der Waals surface area contributed by atoms with Gasteiger partial charge in [-0.05, 0) is 36.5 Å². The smallest absolute Gasteiger partial charge is 0.252 e. The molecule has 2 atom stereocenters. The lowest BCUT2D eigenvalue weighted by atomic mass is 9.98. The number of benzene rings is 1. The van der Waals surface area contributed by atoms with E-state index in [1.807, 2.05) is 0 Å². The SMILES string of the molecule is CC1CCCC1CNC(=O)c1ccc(N)cc1Cl. The Morgan fingerprint density at radius 2 is 2.28 bits per heavy atom. The second-order valence-electron chi connectivity index (χ2n) is 5.12. The van der Waals surface area contributed by atoms with Gasteiger partial charge < -0.3 is 11.1 Å². The molecule has 0 radical (unpaired) electrons. The number of halogens is 1. The summed E-state index contributed by atoms with van der Waals surface area (Å²) in [4.78, 5) is 12.0. The number of hydrogen-bond donors (Lipinski definition) is 2. The van der Waals surface area contributed by atoms with Crippen LogP contribution in [0.5, 0.6) is 0 Å². The second kappa shape index (κ2) is 5.61. The van der Waals surface area contributed by atoms with Gasteiger partial charge in [-0.15, -0.1) is 0 Å². The molecule has 0 aromatic heterocycles. The van der Waals surface area contributed by atoms with E-state index in [0.717, 1.165) is 6.54 Å². The summed E-state index contributed by atoms with van der Waals surface area (Å²) in [7, 11) is 0. The van der Waals surface area contributed by atoms with E-state index in [9.17, 15) is 4.79 Å². The third-order valence-corrected chi connectivity index (χ3v) is 4.11. The Balaban J connectivity index is 1.95. The Morgan fingerprint density at radius 1 is 1.50 bits per heavy atom. The van der Waals surface area contributed by atoms with E-state index in [0.29, 0.717) is 28.1 Å². The van der Waals surface area contributed by atoms with Crippen LogP contribution in [0.15, 0.2) is 18.2 Å². The Bertz CT molecular complexity index is 447. The molecule has 0 spiro atoms. The first-order valence-corrected chi connectivity index (χ1v) is 6.79. The highest BCUT2D eigenvalue weighted by molar-refractivity contribution is 6.34. The molecule has 0 bridgehead atoms. The third kappa shape index (κ3) is 2.96. The van der Waals surface area contributed by atoms with E-state index >= 15 is 0 Å². The average Bonchev–Trinajstić information content (AvgIpc) is 2.72. The molecule has 3 nitrogen and oxygen atoms in total. The molecule has 1 amide bonds. The summed E-state index contributed by atoms with van der Waals surface area (Å²) in [5.74, 6) is 1.19. The van der Waals surface area contributed by atoms with Crippen LogP contribution in [-0.2, 0) is 0 Å². The van der Waals surface area contributed by atoms with E-state index < -0.39 is 0 Å². The van der Waals surface area contributed by atoms with Crippen molar-refractivity contribution in [3.63, 3.8) is 0 Å². The topological polar surface area (TPSA) is 55.1 Å². The molecular formula is C14H19ClN2O. The summed E-state index contributed by atoms with van der Waals surface area (Å²) in [5.41, 5.74) is 6.67. The lowest BCUT2D eigenvalue weighted by molar-refractivity contribution is 0.0945. The molecule has 98 valence electrons. The Kier molecular flexibility index (Phi) is 4.12. The zero-order chi connectivity index (χ0) is 13.1. The standard InChI is InChI=1S/C14H19ClN2O/c1-9-3-2-4-10(9)8-17-14(18)12-6-5-11(16)7-13(12)15/h5-7,9-10H,2-4,8,16H2,1H3,(H,17,18). The number of nitrogen functional groups attached to an aromatic ring is 1. The molecule has 2 rings (SSSR count). The fourth-order valence-electron chi connectivity index (χ4n) is 2.56. The van der Waals surface area contributed by atoms with Crippen LogP contribution in [0.2, 0.25) is 5.02 Å². The van der Waals surface area contributed by atoms with Crippen LogP contribution < -0.4 is 11.1 Å². The van der Waals surface area contributed by atoms with E-state index in [4.69, 9.17) is 17.3 Å². The maximum Gasteiger partial charge on any atom is 0.252 e. The molecule has 1 fully saturated rings. The summed E-state index contributed by atoms with van der Waals surface area (Å²) >= 11 is 6.01. The van der Waals surface area contributed by atoms with Gasteiger partial charge in [0.1, 0.15) is 0 Å². The molecule has 4 heteroatoms. The van der Waals surface area contributed by atoms with Crippen LogP contribution in [-0.4, -0.2) is 12.5 Å². The monoisotopic (exact) mass is 266 g/mol. The summed E-state index contributed by atoms with van der Waals surface area (Å²) in [6.45, 7) is 2.99. The highest BCUT2D eigenvalue weighted by atomic mass is 35.5. The van der Waals surface area contributed by atoms with Gasteiger partial charge in [-0.2, -0.15) is 0 Å². The Hall–Kier alpha value is -1.22. The van der Waals surface area contributed by atoms with Crippen molar-refractivity contribution in [2.24, 2.45) is 11.8 Å². The fourth-order valence-corrected chi connectivity index (χ4v) is 2.83. The minimum atomic E-state index is -0.112. The van der Waals surface area contributed by atoms with Crippen molar-refractivity contribution in [2.75, 3.05) is 12.3 Å². The molecule has 0 heterocycles. The normalized spacial score (nSPS) is 23.0. The lowest BCUT2D eigenvalue weighted by Crippen LogP contribution is -2.30. The molecule has 0 saturated heterocycles. The number of nitrogens with one attached hydrogen (secondary N) is 1. The number of amides is 1. The van der Waals surface area contributed by atoms with Gasteiger partial charge in [0, 0.05) is 12.2 Å². The first-order valence-electron chi connectivity index (χ1n) is 6.41. The van der Waals surface area contributed by atoms with Crippen molar-refractivity contribution < 1.29 is 4.79 Å². The first kappa shape index (κ1) is 13.2. The Morgan fingerprint density at radius 3 is 2.89 bits per heavy atom. The minimum Gasteiger partial charge on any atom is -0.399 e. The zero-order valence-electron chi connectivity index (χ0n) is 10.6. The van der Waals surface area contributed by atoms with Crippen LogP contribution in [0.3, 0.4) is 0 Å². The van der Waals surface area contributed by atoms with Gasteiger partial charge in [0.2, 0.25) is 0 Å². The maximum absolute atomic E-state index is 12.0. The highest BCUT2D eigenvalue weighted by Crippen LogP contribution is 2.30. The summed E-state index contributed by atoms with van der Waals surface area (Å²) in [5, 5.41) is 3.38. The van der Waals surface area contributed by atoms with Crippen molar-refractivity contribution in [1.82, 2.24) is 5.32 Å². The lowest BCUT2D eigenvalue weighted by Gasteiger charge is -2.16. The quantitative estimate of drug-likeness (QED) is 0.826. The second-order valence-corrected chi connectivity index (χ2v) is 5.52. The number of nitrogens with two attached hydrogens (primary N) is 1. The van der Waals surface area contributed by atoms with Gasteiger partial charge in [0.25, 0.3) is 5.91 Å². The van der Waals surface area contributed by atoms with Crippen molar-refractivity contribution in [2.45, 2.75) is 26.2 Å². The van der Waals surface area contributed by atoms with E-state index in [1.54, 1.807) is 18.2 Å². The summed E-state index contributed by atoms with van der Waals surface area (Å²) in [6.07, 6.45) is 3.74. The number of hydrogen-bond acceptors (Lipinski definition) is 2. The van der Waals surface area contributed by atoms with E-state index in [1.165, 1.54) is 19.3 Å². The molecule has 1 aliphatic rings. The largest absolute Gasteiger partial charge is 0.399 e. The molecule has 3 N–H and O–H groups in total. The van der Waals surface area contributed by atoms with Gasteiger partial charge in [0.05, 0.1) is 10.6 Å². The van der Waals surface area contributed by atoms with Crippen LogP contribution in [0, 0.1) is 11.8 Å². The van der Waals surface area contributed by atoms with Crippen LogP contribution in [0.25, 0.3) is 0 Å². The average molecular weight is 267 g/mol. The predicted octanol–water partition coefficient (Wildman–Crippen LogP) is 3.09. The van der Waals surface area contributed by atoms with Gasteiger partial charge >= 0.3 is 0 Å². The van der Waals surface area contributed by atoms with Crippen molar-refractivity contribution in [1.29, 1.82) is 0 Å². The van der Waals surface area contributed by atoms with Crippen LogP contribution in [0.1, 0.15) is 36.5 Å². The number of anilines is 1. The van der Waals surface area contributed by atoms with Gasteiger partial charge in [-0.25, -0.2) is 0 Å². The number of rotatable bonds is 3. The van der Waals surface area contributed by atoms with Crippen molar-refractivity contribution >= 4 is 23.2 Å². The molecule has 1 saturated carbocycles. The van der Waals surface area contributed by atoms with Gasteiger partial charge in [-0.3, -0.25) is 4.79 Å². The summed E-state index contributed by atoms with van der Waals surface area (Å²) in [6, 6.07) is 4.97. The molecule has 18 heavy (non-hydrogen) atoms. The maximum atomic E-state index is 12.0. The predicted molar refractivity (Wildman–Crippen MR) is 74.7 cm³/mol. The molecule has 0 aliphatic heterocycles. The third-order valence-electron chi connectivity index (χ3n) is 3.80. The first-order chi connectivity index (χ1) is 8.58. The number of carbonyl (C=O) groups is 1. The molecule has 1 aliphatic carbocycles. The number of carbonyl (C=O) groups excluding carboxylic acids is 1. The van der Waals surface area contributed by atoms with Crippen LogP contribution in [0.4, 0.5) is 5.69 Å². The van der Waals surface area contributed by atoms with E-state index in [2.05, 4.69) is 12.2 Å². The zero-order valence-corrected chi connectivity index (χ0v) is 11.3. The fraction of sp³-hybridized carbons (Fsp3) is 0.500. The Labute approximate surface area is 113 Å². The minimum absolute atomic E-state index is 0.112. The summed E-state index contributed by atoms with van der Waals surface area (Å²) < 4.78 is 0. The van der Waals surface area contributed by atoms with Gasteiger partial charge in [-0.1, -0.05) is 31.4 Å². The van der Waals surface area contributed by atoms with Crippen molar-refractivity contribution in [3.05, 3.63) is 28.8 Å².